The van der Waals surface area contributed by atoms with Gasteiger partial charge in [0.25, 0.3) is 0 Å². The molecule has 1 aromatic carbocycles. The normalized spacial score (nSPS) is 11.1. The number of carbonyl (C=O) groups is 1. The third kappa shape index (κ3) is 5.21. The summed E-state index contributed by atoms with van der Waals surface area (Å²) in [7, 11) is 1.66. The van der Waals surface area contributed by atoms with Gasteiger partial charge in [-0.15, -0.1) is 0 Å². The van der Waals surface area contributed by atoms with Crippen LogP contribution in [0.1, 0.15) is 32.8 Å². The molecule has 0 aliphatic heterocycles. The second-order valence-electron chi connectivity index (χ2n) is 5.65. The molecule has 1 aromatic rings. The van der Waals surface area contributed by atoms with Gasteiger partial charge in [0.05, 0.1) is 7.11 Å². The molecule has 1 rings (SSSR count). The van der Waals surface area contributed by atoms with E-state index in [0.29, 0.717) is 13.0 Å². The Labute approximate surface area is 110 Å². The maximum absolute atomic E-state index is 11.7. The van der Waals surface area contributed by atoms with Gasteiger partial charge in [0, 0.05) is 13.0 Å². The zero-order valence-electron chi connectivity index (χ0n) is 11.7. The van der Waals surface area contributed by atoms with Crippen molar-refractivity contribution >= 4 is 5.91 Å². The third-order valence-corrected chi connectivity index (χ3v) is 2.60. The van der Waals surface area contributed by atoms with Gasteiger partial charge in [-0.1, -0.05) is 39.0 Å². The lowest BCUT2D eigenvalue weighted by Gasteiger charge is -2.17. The number of hydrogen-bond donors (Lipinski definition) is 1. The fourth-order valence-corrected chi connectivity index (χ4v) is 1.79. The maximum Gasteiger partial charge on any atom is 0.220 e. The van der Waals surface area contributed by atoms with Crippen LogP contribution in [0.3, 0.4) is 0 Å². The van der Waals surface area contributed by atoms with E-state index in [1.54, 1.807) is 7.11 Å². The minimum absolute atomic E-state index is 0.0362. The van der Waals surface area contributed by atoms with Gasteiger partial charge >= 0.3 is 0 Å². The summed E-state index contributed by atoms with van der Waals surface area (Å²) in [5.74, 6) is 0.986. The van der Waals surface area contributed by atoms with Crippen LogP contribution >= 0.6 is 0 Å². The van der Waals surface area contributed by atoms with Crippen LogP contribution in [0.5, 0.6) is 5.75 Å². The van der Waals surface area contributed by atoms with E-state index in [-0.39, 0.29) is 11.3 Å². The van der Waals surface area contributed by atoms with E-state index in [1.807, 2.05) is 24.3 Å². The fraction of sp³-hybridized carbons (Fsp3) is 0.533. The van der Waals surface area contributed by atoms with Crippen molar-refractivity contribution in [1.82, 2.24) is 5.32 Å². The molecular formula is C15H23NO2. The van der Waals surface area contributed by atoms with Gasteiger partial charge in [-0.2, -0.15) is 0 Å². The molecule has 0 saturated carbocycles. The Morgan fingerprint density at radius 2 is 1.94 bits per heavy atom. The lowest BCUT2D eigenvalue weighted by molar-refractivity contribution is -0.122. The highest BCUT2D eigenvalue weighted by Gasteiger charge is 2.15. The SMILES string of the molecule is COc1ccccc1CCNC(=O)CC(C)(C)C. The number of para-hydroxylation sites is 1. The van der Waals surface area contributed by atoms with Gasteiger partial charge in [-0.25, -0.2) is 0 Å². The summed E-state index contributed by atoms with van der Waals surface area (Å²) in [6.07, 6.45) is 1.35. The van der Waals surface area contributed by atoms with Crippen LogP contribution in [0.15, 0.2) is 24.3 Å². The zero-order valence-corrected chi connectivity index (χ0v) is 11.7. The number of hydrogen-bond acceptors (Lipinski definition) is 2. The molecule has 18 heavy (non-hydrogen) atoms. The second-order valence-corrected chi connectivity index (χ2v) is 5.65. The Balaban J connectivity index is 2.40. The van der Waals surface area contributed by atoms with Crippen molar-refractivity contribution in [2.75, 3.05) is 13.7 Å². The molecule has 1 amide bonds. The van der Waals surface area contributed by atoms with Crippen LogP contribution in [0.25, 0.3) is 0 Å². The molecule has 0 aliphatic carbocycles. The van der Waals surface area contributed by atoms with Crippen molar-refractivity contribution in [3.8, 4) is 5.75 Å². The highest BCUT2D eigenvalue weighted by atomic mass is 16.5. The van der Waals surface area contributed by atoms with Crippen LogP contribution in [0.4, 0.5) is 0 Å². The van der Waals surface area contributed by atoms with Crippen LogP contribution in [0.2, 0.25) is 0 Å². The van der Waals surface area contributed by atoms with Gasteiger partial charge in [-0.3, -0.25) is 4.79 Å². The molecule has 0 unspecified atom stereocenters. The van der Waals surface area contributed by atoms with Crippen LogP contribution in [0, 0.1) is 5.41 Å². The minimum Gasteiger partial charge on any atom is -0.496 e. The van der Waals surface area contributed by atoms with E-state index in [4.69, 9.17) is 4.74 Å². The standard InChI is InChI=1S/C15H23NO2/c1-15(2,3)11-14(17)16-10-9-12-7-5-6-8-13(12)18-4/h5-8H,9-11H2,1-4H3,(H,16,17). The quantitative estimate of drug-likeness (QED) is 0.871. The molecule has 0 fully saturated rings. The first-order valence-corrected chi connectivity index (χ1v) is 6.31. The molecule has 0 spiro atoms. The van der Waals surface area contributed by atoms with Crippen LogP contribution in [-0.4, -0.2) is 19.6 Å². The zero-order chi connectivity index (χ0) is 13.6. The highest BCUT2D eigenvalue weighted by molar-refractivity contribution is 5.76. The van der Waals surface area contributed by atoms with Gasteiger partial charge in [0.2, 0.25) is 5.91 Å². The molecule has 0 atom stereocenters. The van der Waals surface area contributed by atoms with E-state index in [2.05, 4.69) is 26.1 Å². The fourth-order valence-electron chi connectivity index (χ4n) is 1.79. The molecule has 1 N–H and O–H groups in total. The summed E-state index contributed by atoms with van der Waals surface area (Å²) < 4.78 is 5.27. The van der Waals surface area contributed by atoms with Gasteiger partial charge in [0.1, 0.15) is 5.75 Å². The monoisotopic (exact) mass is 249 g/mol. The van der Waals surface area contributed by atoms with E-state index < -0.39 is 0 Å². The lowest BCUT2D eigenvalue weighted by Crippen LogP contribution is -2.29. The molecular weight excluding hydrogens is 226 g/mol. The summed E-state index contributed by atoms with van der Waals surface area (Å²) in [5, 5.41) is 2.94. The number of amides is 1. The molecule has 0 aromatic heterocycles. The summed E-state index contributed by atoms with van der Waals surface area (Å²) >= 11 is 0. The Bertz CT molecular complexity index is 394. The minimum atomic E-state index is 0.0362. The first-order valence-electron chi connectivity index (χ1n) is 6.31. The molecule has 0 bridgehead atoms. The van der Waals surface area contributed by atoms with E-state index in [0.717, 1.165) is 17.7 Å². The first-order chi connectivity index (χ1) is 8.42. The summed E-state index contributed by atoms with van der Waals surface area (Å²) in [6, 6.07) is 7.89. The number of nitrogens with one attached hydrogen (secondary N) is 1. The molecule has 0 radical (unpaired) electrons. The molecule has 100 valence electrons. The molecule has 3 nitrogen and oxygen atoms in total. The van der Waals surface area contributed by atoms with Crippen molar-refractivity contribution in [1.29, 1.82) is 0 Å². The van der Waals surface area contributed by atoms with Crippen LogP contribution in [-0.2, 0) is 11.2 Å². The van der Waals surface area contributed by atoms with E-state index in [9.17, 15) is 4.79 Å². The Morgan fingerprint density at radius 1 is 1.28 bits per heavy atom. The first kappa shape index (κ1) is 14.6. The maximum atomic E-state index is 11.7. The van der Waals surface area contributed by atoms with E-state index >= 15 is 0 Å². The predicted molar refractivity (Wildman–Crippen MR) is 73.8 cm³/mol. The lowest BCUT2D eigenvalue weighted by atomic mass is 9.92. The number of carbonyl (C=O) groups excluding carboxylic acids is 1. The largest absolute Gasteiger partial charge is 0.496 e. The molecule has 0 heterocycles. The Hall–Kier alpha value is -1.51. The average molecular weight is 249 g/mol. The summed E-state index contributed by atoms with van der Waals surface area (Å²) in [5.41, 5.74) is 1.16. The van der Waals surface area contributed by atoms with Crippen molar-refractivity contribution in [3.05, 3.63) is 29.8 Å². The second kappa shape index (κ2) is 6.43. The van der Waals surface area contributed by atoms with E-state index in [1.165, 1.54) is 0 Å². The van der Waals surface area contributed by atoms with Crippen molar-refractivity contribution < 1.29 is 9.53 Å². The third-order valence-electron chi connectivity index (χ3n) is 2.60. The topological polar surface area (TPSA) is 38.3 Å². The van der Waals surface area contributed by atoms with Crippen LogP contribution < -0.4 is 10.1 Å². The highest BCUT2D eigenvalue weighted by Crippen LogP contribution is 2.19. The Morgan fingerprint density at radius 3 is 2.56 bits per heavy atom. The van der Waals surface area contributed by atoms with Gasteiger partial charge in [-0.05, 0) is 23.5 Å². The van der Waals surface area contributed by atoms with Crippen molar-refractivity contribution in [2.24, 2.45) is 5.41 Å². The average Bonchev–Trinajstić information content (AvgIpc) is 2.27. The van der Waals surface area contributed by atoms with Crippen molar-refractivity contribution in [2.45, 2.75) is 33.6 Å². The van der Waals surface area contributed by atoms with Gasteiger partial charge in [0.15, 0.2) is 0 Å². The predicted octanol–water partition coefficient (Wildman–Crippen LogP) is 2.79. The summed E-state index contributed by atoms with van der Waals surface area (Å²) in [6.45, 7) is 6.84. The number of methoxy groups -OCH3 is 1. The number of ether oxygens (including phenoxy) is 1. The molecule has 0 aliphatic rings. The Kier molecular flexibility index (Phi) is 5.20. The van der Waals surface area contributed by atoms with Gasteiger partial charge < -0.3 is 10.1 Å². The molecule has 0 saturated heterocycles. The number of benzene rings is 1. The molecule has 3 heteroatoms. The number of rotatable bonds is 5. The smallest absolute Gasteiger partial charge is 0.220 e. The summed E-state index contributed by atoms with van der Waals surface area (Å²) in [4.78, 5) is 11.7. The van der Waals surface area contributed by atoms with Crippen molar-refractivity contribution in [3.63, 3.8) is 0 Å².